The highest BCUT2D eigenvalue weighted by atomic mass is 35.5. The molecular weight excluding hydrogens is 330 g/mol. The highest BCUT2D eigenvalue weighted by molar-refractivity contribution is 6.30. The number of aromatic hydroxyl groups is 1. The summed E-state index contributed by atoms with van der Waals surface area (Å²) in [6, 6.07) is 13.1. The minimum absolute atomic E-state index is 0.307. The summed E-state index contributed by atoms with van der Waals surface area (Å²) in [5, 5.41) is 15.2. The molecule has 3 rings (SSSR count). The summed E-state index contributed by atoms with van der Waals surface area (Å²) in [7, 11) is 0. The van der Waals surface area contributed by atoms with Crippen molar-refractivity contribution < 1.29 is 9.90 Å². The van der Waals surface area contributed by atoms with Crippen molar-refractivity contribution in [3.8, 4) is 5.88 Å². The lowest BCUT2D eigenvalue weighted by Gasteiger charge is -2.04. The standard InChI is InChI=1S/C17H12ClN3O3/c18-11-7-5-10(6-8-11)15(22)21-19-9-14-12-3-1-2-4-13(12)16(23)20-17(14)24/h1-9H,(H,21,22)(H2,20,23,24)/b19-9+. The fraction of sp³-hybridized carbons (Fsp3) is 0. The Morgan fingerprint density at radius 3 is 2.50 bits per heavy atom. The first kappa shape index (κ1) is 15.8. The van der Waals surface area contributed by atoms with Gasteiger partial charge in [-0.25, -0.2) is 5.43 Å². The number of halogens is 1. The number of carbonyl (C=O) groups excluding carboxylic acids is 1. The first-order chi connectivity index (χ1) is 11.6. The topological polar surface area (TPSA) is 94.5 Å². The van der Waals surface area contributed by atoms with Gasteiger partial charge in [0.15, 0.2) is 0 Å². The van der Waals surface area contributed by atoms with Crippen molar-refractivity contribution in [1.29, 1.82) is 0 Å². The Morgan fingerprint density at radius 1 is 1.12 bits per heavy atom. The van der Waals surface area contributed by atoms with E-state index in [2.05, 4.69) is 15.5 Å². The van der Waals surface area contributed by atoms with Gasteiger partial charge in [-0.05, 0) is 30.3 Å². The number of hydrogen-bond acceptors (Lipinski definition) is 4. The molecule has 1 amide bonds. The van der Waals surface area contributed by atoms with Crippen molar-refractivity contribution in [3.63, 3.8) is 0 Å². The predicted molar refractivity (Wildman–Crippen MR) is 92.7 cm³/mol. The maximum absolute atomic E-state index is 12.0. The third kappa shape index (κ3) is 3.13. The van der Waals surface area contributed by atoms with Crippen LogP contribution in [0.4, 0.5) is 0 Å². The second kappa shape index (κ2) is 6.55. The lowest BCUT2D eigenvalue weighted by molar-refractivity contribution is 0.0955. The van der Waals surface area contributed by atoms with E-state index < -0.39 is 11.5 Å². The van der Waals surface area contributed by atoms with Crippen LogP contribution in [0.3, 0.4) is 0 Å². The van der Waals surface area contributed by atoms with Crippen LogP contribution in [0.1, 0.15) is 15.9 Å². The van der Waals surface area contributed by atoms with E-state index in [0.717, 1.165) is 0 Å². The van der Waals surface area contributed by atoms with Crippen molar-refractivity contribution in [2.24, 2.45) is 5.10 Å². The first-order valence-electron chi connectivity index (χ1n) is 6.99. The largest absolute Gasteiger partial charge is 0.494 e. The number of aromatic nitrogens is 1. The lowest BCUT2D eigenvalue weighted by atomic mass is 10.1. The van der Waals surface area contributed by atoms with E-state index in [1.165, 1.54) is 6.21 Å². The summed E-state index contributed by atoms with van der Waals surface area (Å²) in [4.78, 5) is 26.1. The molecule has 1 aromatic heterocycles. The van der Waals surface area contributed by atoms with Gasteiger partial charge in [0, 0.05) is 21.4 Å². The molecule has 2 aromatic carbocycles. The van der Waals surface area contributed by atoms with Gasteiger partial charge in [0.25, 0.3) is 11.5 Å². The number of pyridine rings is 1. The van der Waals surface area contributed by atoms with E-state index in [9.17, 15) is 14.7 Å². The predicted octanol–water partition coefficient (Wildman–Crippen LogP) is 2.65. The molecule has 0 aliphatic carbocycles. The molecule has 120 valence electrons. The van der Waals surface area contributed by atoms with Crippen LogP contribution in [-0.2, 0) is 0 Å². The molecule has 0 spiro atoms. The summed E-state index contributed by atoms with van der Waals surface area (Å²) in [6.45, 7) is 0. The number of hydrogen-bond donors (Lipinski definition) is 3. The van der Waals surface area contributed by atoms with E-state index in [0.29, 0.717) is 26.9 Å². The highest BCUT2D eigenvalue weighted by Crippen LogP contribution is 2.20. The highest BCUT2D eigenvalue weighted by Gasteiger charge is 2.09. The van der Waals surface area contributed by atoms with Crippen molar-refractivity contribution in [3.05, 3.63) is 75.0 Å². The SMILES string of the molecule is O=C(N/N=C/c1c(O)[nH]c(=O)c2ccccc12)c1ccc(Cl)cc1. The number of rotatable bonds is 3. The number of fused-ring (bicyclic) bond motifs is 1. The summed E-state index contributed by atoms with van der Waals surface area (Å²) >= 11 is 5.77. The third-order valence-electron chi connectivity index (χ3n) is 3.42. The van der Waals surface area contributed by atoms with Crippen molar-refractivity contribution in [2.45, 2.75) is 0 Å². The van der Waals surface area contributed by atoms with Gasteiger partial charge in [-0.3, -0.25) is 14.6 Å². The molecule has 0 radical (unpaired) electrons. The Balaban J connectivity index is 1.87. The van der Waals surface area contributed by atoms with Crippen LogP contribution in [0.25, 0.3) is 10.8 Å². The van der Waals surface area contributed by atoms with Gasteiger partial charge in [-0.2, -0.15) is 5.10 Å². The monoisotopic (exact) mass is 341 g/mol. The Labute approximate surface area is 141 Å². The molecule has 6 nitrogen and oxygen atoms in total. The molecule has 0 fully saturated rings. The minimum Gasteiger partial charge on any atom is -0.494 e. The summed E-state index contributed by atoms with van der Waals surface area (Å²) < 4.78 is 0. The van der Waals surface area contributed by atoms with Crippen molar-refractivity contribution >= 4 is 34.5 Å². The van der Waals surface area contributed by atoms with Crippen molar-refractivity contribution in [2.75, 3.05) is 0 Å². The Hall–Kier alpha value is -3.12. The van der Waals surface area contributed by atoms with Gasteiger partial charge >= 0.3 is 0 Å². The van der Waals surface area contributed by atoms with Crippen LogP contribution in [-0.4, -0.2) is 22.2 Å². The van der Waals surface area contributed by atoms with E-state index in [1.807, 2.05) is 0 Å². The number of aromatic amines is 1. The molecule has 7 heteroatoms. The Morgan fingerprint density at radius 2 is 1.79 bits per heavy atom. The van der Waals surface area contributed by atoms with Crippen LogP contribution >= 0.6 is 11.6 Å². The molecule has 0 saturated heterocycles. The molecule has 0 aliphatic heterocycles. The fourth-order valence-electron chi connectivity index (χ4n) is 2.24. The third-order valence-corrected chi connectivity index (χ3v) is 3.67. The molecule has 24 heavy (non-hydrogen) atoms. The second-order valence-corrected chi connectivity index (χ2v) is 5.40. The van der Waals surface area contributed by atoms with Gasteiger partial charge in [0.1, 0.15) is 0 Å². The first-order valence-corrected chi connectivity index (χ1v) is 7.37. The van der Waals surface area contributed by atoms with E-state index >= 15 is 0 Å². The number of nitrogens with one attached hydrogen (secondary N) is 2. The van der Waals surface area contributed by atoms with Gasteiger partial charge < -0.3 is 5.11 Å². The number of H-pyrrole nitrogens is 1. The zero-order chi connectivity index (χ0) is 17.1. The second-order valence-electron chi connectivity index (χ2n) is 4.97. The zero-order valence-electron chi connectivity index (χ0n) is 12.3. The quantitative estimate of drug-likeness (QED) is 0.505. The Kier molecular flexibility index (Phi) is 4.31. The van der Waals surface area contributed by atoms with Crippen LogP contribution in [0, 0.1) is 0 Å². The normalized spacial score (nSPS) is 11.0. The van der Waals surface area contributed by atoms with Gasteiger partial charge in [-0.1, -0.05) is 29.8 Å². The van der Waals surface area contributed by atoms with E-state index in [-0.39, 0.29) is 5.88 Å². The molecule has 0 atom stereocenters. The molecule has 0 saturated carbocycles. The lowest BCUT2D eigenvalue weighted by Crippen LogP contribution is -2.17. The average molecular weight is 342 g/mol. The van der Waals surface area contributed by atoms with Crippen LogP contribution in [0.5, 0.6) is 5.88 Å². The number of amides is 1. The molecule has 3 N–H and O–H groups in total. The van der Waals surface area contributed by atoms with Gasteiger partial charge in [0.2, 0.25) is 5.88 Å². The van der Waals surface area contributed by atoms with Crippen LogP contribution < -0.4 is 11.0 Å². The number of nitrogens with zero attached hydrogens (tertiary/aromatic N) is 1. The molecule has 3 aromatic rings. The number of carbonyl (C=O) groups is 1. The summed E-state index contributed by atoms with van der Waals surface area (Å²) in [5.74, 6) is -0.737. The zero-order valence-corrected chi connectivity index (χ0v) is 13.0. The molecule has 1 heterocycles. The smallest absolute Gasteiger partial charge is 0.271 e. The maximum Gasteiger partial charge on any atom is 0.271 e. The van der Waals surface area contributed by atoms with Crippen LogP contribution in [0.2, 0.25) is 5.02 Å². The summed E-state index contributed by atoms with van der Waals surface area (Å²) in [6.07, 6.45) is 1.28. The molecule has 0 aliphatic rings. The maximum atomic E-state index is 12.0. The molecule has 0 unspecified atom stereocenters. The van der Waals surface area contributed by atoms with E-state index in [1.54, 1.807) is 48.5 Å². The molecule has 0 bridgehead atoms. The number of benzene rings is 2. The van der Waals surface area contributed by atoms with Crippen LogP contribution in [0.15, 0.2) is 58.4 Å². The summed E-state index contributed by atoms with van der Waals surface area (Å²) in [5.41, 5.74) is 2.66. The molecular formula is C17H12ClN3O3. The minimum atomic E-state index is -0.420. The number of hydrazone groups is 1. The fourth-order valence-corrected chi connectivity index (χ4v) is 2.36. The van der Waals surface area contributed by atoms with Gasteiger partial charge in [-0.15, -0.1) is 0 Å². The average Bonchev–Trinajstić information content (AvgIpc) is 2.58. The van der Waals surface area contributed by atoms with E-state index in [4.69, 9.17) is 11.6 Å². The van der Waals surface area contributed by atoms with Crippen molar-refractivity contribution in [1.82, 2.24) is 10.4 Å². The van der Waals surface area contributed by atoms with Gasteiger partial charge in [0.05, 0.1) is 11.8 Å². The Bertz CT molecular complexity index is 994.